The van der Waals surface area contributed by atoms with Crippen LogP contribution in [-0.2, 0) is 0 Å². The van der Waals surface area contributed by atoms with Crippen molar-refractivity contribution in [3.05, 3.63) is 30.5 Å². The van der Waals surface area contributed by atoms with Crippen molar-refractivity contribution in [3.63, 3.8) is 0 Å². The molecule has 2 aromatic rings. The van der Waals surface area contributed by atoms with E-state index in [1.165, 1.54) is 18.3 Å². The molecule has 0 fully saturated rings. The molecule has 1 heterocycles. The van der Waals surface area contributed by atoms with Crippen LogP contribution >= 0.6 is 11.5 Å². The Morgan fingerprint density at radius 3 is 2.62 bits per heavy atom. The number of phenols is 1. The smallest absolute Gasteiger partial charge is 0.324 e. The molecule has 0 unspecified atom stereocenters. The third-order valence-corrected chi connectivity index (χ3v) is 2.30. The molecule has 16 heavy (non-hydrogen) atoms. The van der Waals surface area contributed by atoms with Gasteiger partial charge in [-0.2, -0.15) is 0 Å². The van der Waals surface area contributed by atoms with Gasteiger partial charge < -0.3 is 10.4 Å². The highest BCUT2D eigenvalue weighted by Crippen LogP contribution is 2.14. The summed E-state index contributed by atoms with van der Waals surface area (Å²) in [7, 11) is 0. The average Bonchev–Trinajstić information content (AvgIpc) is 2.74. The van der Waals surface area contributed by atoms with Crippen molar-refractivity contribution in [3.8, 4) is 5.75 Å². The van der Waals surface area contributed by atoms with Crippen LogP contribution in [0.15, 0.2) is 30.5 Å². The first kappa shape index (κ1) is 10.4. The molecule has 3 N–H and O–H groups in total. The molecule has 0 aliphatic heterocycles. The highest BCUT2D eigenvalue weighted by Gasteiger charge is 2.03. The maximum Gasteiger partial charge on any atom is 0.324 e. The Bertz CT molecular complexity index is 469. The van der Waals surface area contributed by atoms with Gasteiger partial charge in [0.2, 0.25) is 0 Å². The van der Waals surface area contributed by atoms with Gasteiger partial charge in [0, 0.05) is 17.2 Å². The summed E-state index contributed by atoms with van der Waals surface area (Å²) in [4.78, 5) is 11.4. The van der Waals surface area contributed by atoms with E-state index in [0.29, 0.717) is 10.7 Å². The molecule has 0 aliphatic rings. The maximum absolute atomic E-state index is 11.4. The minimum absolute atomic E-state index is 0.151. The van der Waals surface area contributed by atoms with Crippen LogP contribution in [0.5, 0.6) is 5.75 Å². The molecule has 0 saturated carbocycles. The van der Waals surface area contributed by atoms with Gasteiger partial charge in [0.15, 0.2) is 0 Å². The lowest BCUT2D eigenvalue weighted by Crippen LogP contribution is -2.18. The second-order valence-corrected chi connectivity index (χ2v) is 3.69. The summed E-state index contributed by atoms with van der Waals surface area (Å²) in [6, 6.07) is 5.80. The molecule has 0 saturated heterocycles. The van der Waals surface area contributed by atoms with E-state index in [4.69, 9.17) is 5.11 Å². The summed E-state index contributed by atoms with van der Waals surface area (Å²) in [5, 5.41) is 18.4. The quantitative estimate of drug-likeness (QED) is 0.695. The van der Waals surface area contributed by atoms with Crippen LogP contribution in [0.1, 0.15) is 0 Å². The molecule has 6 nitrogen and oxygen atoms in total. The number of nitrogens with zero attached hydrogens (tertiary/aromatic N) is 2. The Morgan fingerprint density at radius 2 is 2.00 bits per heavy atom. The SMILES string of the molecule is O=C(Nc1ccc(O)cc1)Nc1cnns1. The molecule has 0 spiro atoms. The predicted molar refractivity (Wildman–Crippen MR) is 60.7 cm³/mol. The number of urea groups is 1. The fourth-order valence-corrected chi connectivity index (χ4v) is 1.46. The first-order valence-electron chi connectivity index (χ1n) is 4.38. The molecular weight excluding hydrogens is 228 g/mol. The number of carbonyl (C=O) groups is 1. The number of aromatic hydroxyl groups is 1. The second kappa shape index (κ2) is 4.58. The van der Waals surface area contributed by atoms with Crippen molar-refractivity contribution in [1.29, 1.82) is 0 Å². The average molecular weight is 236 g/mol. The number of carbonyl (C=O) groups excluding carboxylic acids is 1. The standard InChI is InChI=1S/C9H8N4O2S/c14-7-3-1-6(2-4-7)11-9(15)12-8-5-10-13-16-8/h1-5,14H,(H2,11,12,15). The number of phenolic OH excluding ortho intramolecular Hbond substituents is 1. The highest BCUT2D eigenvalue weighted by molar-refractivity contribution is 7.10. The predicted octanol–water partition coefficient (Wildman–Crippen LogP) is 1.89. The Balaban J connectivity index is 1.95. The van der Waals surface area contributed by atoms with Crippen LogP contribution in [0.2, 0.25) is 0 Å². The number of nitrogens with one attached hydrogen (secondary N) is 2. The van der Waals surface area contributed by atoms with Crippen molar-refractivity contribution in [2.24, 2.45) is 0 Å². The maximum atomic E-state index is 11.4. The fraction of sp³-hybridized carbons (Fsp3) is 0. The Labute approximate surface area is 95.1 Å². The molecule has 0 radical (unpaired) electrons. The number of anilines is 2. The van der Waals surface area contributed by atoms with E-state index in [2.05, 4.69) is 20.2 Å². The number of aromatic nitrogens is 2. The summed E-state index contributed by atoms with van der Waals surface area (Å²) >= 11 is 1.09. The lowest BCUT2D eigenvalue weighted by atomic mass is 10.3. The van der Waals surface area contributed by atoms with E-state index in [0.717, 1.165) is 11.5 Å². The molecule has 82 valence electrons. The van der Waals surface area contributed by atoms with Crippen LogP contribution in [0, 0.1) is 0 Å². The molecule has 0 atom stereocenters. The van der Waals surface area contributed by atoms with Gasteiger partial charge in [0.25, 0.3) is 0 Å². The summed E-state index contributed by atoms with van der Waals surface area (Å²) in [6.45, 7) is 0. The zero-order valence-electron chi connectivity index (χ0n) is 8.04. The zero-order valence-corrected chi connectivity index (χ0v) is 8.86. The summed E-state index contributed by atoms with van der Waals surface area (Å²) < 4.78 is 3.61. The van der Waals surface area contributed by atoms with E-state index in [1.807, 2.05) is 0 Å². The molecular formula is C9H8N4O2S. The van der Waals surface area contributed by atoms with E-state index >= 15 is 0 Å². The third kappa shape index (κ3) is 2.67. The topological polar surface area (TPSA) is 87.1 Å². The van der Waals surface area contributed by atoms with Gasteiger partial charge in [-0.05, 0) is 24.3 Å². The van der Waals surface area contributed by atoms with Crippen molar-refractivity contribution in [2.45, 2.75) is 0 Å². The van der Waals surface area contributed by atoms with Gasteiger partial charge in [-0.15, -0.1) is 5.10 Å². The lowest BCUT2D eigenvalue weighted by Gasteiger charge is -2.04. The minimum atomic E-state index is -0.378. The normalized spacial score (nSPS) is 9.75. The highest BCUT2D eigenvalue weighted by atomic mass is 32.1. The van der Waals surface area contributed by atoms with Crippen LogP contribution in [0.4, 0.5) is 15.5 Å². The van der Waals surface area contributed by atoms with E-state index in [1.54, 1.807) is 12.1 Å². The van der Waals surface area contributed by atoms with E-state index in [-0.39, 0.29) is 11.8 Å². The Kier molecular flexibility index (Phi) is 2.97. The van der Waals surface area contributed by atoms with E-state index in [9.17, 15) is 4.79 Å². The largest absolute Gasteiger partial charge is 0.508 e. The monoisotopic (exact) mass is 236 g/mol. The Morgan fingerprint density at radius 1 is 1.25 bits per heavy atom. The van der Waals surface area contributed by atoms with Gasteiger partial charge >= 0.3 is 6.03 Å². The van der Waals surface area contributed by atoms with Crippen LogP contribution in [0.3, 0.4) is 0 Å². The number of rotatable bonds is 2. The number of amides is 2. The Hall–Kier alpha value is -2.15. The van der Waals surface area contributed by atoms with Crippen molar-refractivity contribution in [2.75, 3.05) is 10.6 Å². The van der Waals surface area contributed by atoms with Crippen molar-refractivity contribution < 1.29 is 9.90 Å². The molecule has 0 aliphatic carbocycles. The van der Waals surface area contributed by atoms with Crippen LogP contribution < -0.4 is 10.6 Å². The first-order chi connectivity index (χ1) is 7.74. The molecule has 1 aromatic carbocycles. The van der Waals surface area contributed by atoms with Gasteiger partial charge in [0.05, 0.1) is 6.20 Å². The first-order valence-corrected chi connectivity index (χ1v) is 5.16. The molecule has 1 aromatic heterocycles. The third-order valence-electron chi connectivity index (χ3n) is 1.72. The van der Waals surface area contributed by atoms with Crippen molar-refractivity contribution in [1.82, 2.24) is 9.59 Å². The number of hydrogen-bond acceptors (Lipinski definition) is 5. The summed E-state index contributed by atoms with van der Waals surface area (Å²) in [5.41, 5.74) is 0.591. The molecule has 2 rings (SSSR count). The van der Waals surface area contributed by atoms with Gasteiger partial charge in [0.1, 0.15) is 10.8 Å². The van der Waals surface area contributed by atoms with Crippen LogP contribution in [-0.4, -0.2) is 20.7 Å². The van der Waals surface area contributed by atoms with Crippen LogP contribution in [0.25, 0.3) is 0 Å². The van der Waals surface area contributed by atoms with E-state index < -0.39 is 0 Å². The second-order valence-electron chi connectivity index (χ2n) is 2.91. The zero-order chi connectivity index (χ0) is 11.4. The van der Waals surface area contributed by atoms with Gasteiger partial charge in [-0.3, -0.25) is 5.32 Å². The number of hydrogen-bond donors (Lipinski definition) is 3. The minimum Gasteiger partial charge on any atom is -0.508 e. The molecule has 2 amide bonds. The van der Waals surface area contributed by atoms with Crippen molar-refractivity contribution >= 4 is 28.3 Å². The molecule has 0 bridgehead atoms. The van der Waals surface area contributed by atoms with Gasteiger partial charge in [-0.25, -0.2) is 4.79 Å². The fourth-order valence-electron chi connectivity index (χ4n) is 1.04. The summed E-state index contributed by atoms with van der Waals surface area (Å²) in [5.74, 6) is 0.151. The summed E-state index contributed by atoms with van der Waals surface area (Å²) in [6.07, 6.45) is 1.46. The van der Waals surface area contributed by atoms with Gasteiger partial charge in [-0.1, -0.05) is 4.49 Å². The lowest BCUT2D eigenvalue weighted by molar-refractivity contribution is 0.262. The number of benzene rings is 1. The molecule has 7 heteroatoms.